The molecule has 2 unspecified atom stereocenters. The van der Waals surface area contributed by atoms with Crippen LogP contribution in [0.2, 0.25) is 0 Å². The second kappa shape index (κ2) is 6.25. The van der Waals surface area contributed by atoms with E-state index in [1.165, 1.54) is 0 Å². The van der Waals surface area contributed by atoms with Gasteiger partial charge in [-0.05, 0) is 63.8 Å². The molecule has 4 N–H and O–H groups in total. The summed E-state index contributed by atoms with van der Waals surface area (Å²) in [6.07, 6.45) is 4.57. The topological polar surface area (TPSA) is 90.2 Å². The summed E-state index contributed by atoms with van der Waals surface area (Å²) in [5, 5.41) is 44.3. The zero-order valence-electron chi connectivity index (χ0n) is 16.0. The van der Waals surface area contributed by atoms with E-state index < -0.39 is 22.9 Å². The van der Waals surface area contributed by atoms with Crippen LogP contribution in [0.4, 0.5) is 0 Å². The van der Waals surface area contributed by atoms with E-state index >= 15 is 0 Å². The minimum absolute atomic E-state index is 0.122. The average molecular weight is 362 g/mol. The first kappa shape index (κ1) is 19.2. The Bertz CT molecular complexity index is 738. The number of benzene rings is 1. The minimum atomic E-state index is -1.98. The molecule has 2 aliphatic rings. The van der Waals surface area contributed by atoms with Crippen molar-refractivity contribution in [2.24, 2.45) is 0 Å². The number of unbranched alkanes of at least 4 members (excludes halogenated alkanes) is 2. The third kappa shape index (κ3) is 2.56. The van der Waals surface area contributed by atoms with Crippen molar-refractivity contribution in [1.82, 2.24) is 0 Å². The van der Waals surface area contributed by atoms with Gasteiger partial charge in [-0.15, -0.1) is 0 Å². The van der Waals surface area contributed by atoms with Gasteiger partial charge in [0.25, 0.3) is 0 Å². The van der Waals surface area contributed by atoms with Crippen LogP contribution in [0, 0.1) is 0 Å². The fourth-order valence-corrected chi connectivity index (χ4v) is 4.55. The van der Waals surface area contributed by atoms with Crippen molar-refractivity contribution in [3.8, 4) is 11.5 Å². The molecule has 3 atom stereocenters. The van der Waals surface area contributed by atoms with E-state index in [1.807, 2.05) is 6.07 Å². The van der Waals surface area contributed by atoms with Crippen LogP contribution in [0.1, 0.15) is 64.5 Å². The number of aryl methyl sites for hydroxylation is 1. The Morgan fingerprint density at radius 3 is 2.54 bits per heavy atom. The smallest absolute Gasteiger partial charge is 0.166 e. The van der Waals surface area contributed by atoms with Crippen LogP contribution in [0.3, 0.4) is 0 Å². The first-order valence-corrected chi connectivity index (χ1v) is 9.43. The Morgan fingerprint density at radius 2 is 1.88 bits per heavy atom. The molecule has 0 bridgehead atoms. The largest absolute Gasteiger partial charge is 0.507 e. The Kier molecular flexibility index (Phi) is 4.62. The molecule has 1 aliphatic heterocycles. The summed E-state index contributed by atoms with van der Waals surface area (Å²) in [6.45, 7) is 7.23. The molecule has 0 amide bonds. The standard InChI is InChI=1S/C21H30O5/c1-5-6-7-8-14-10-15(22)18-16(11-14)26-19(3,4)21(25)17(23)9-13(2)12-20(18,21)24/h10-12,17,22-25H,5-9H2,1-4H3/t17?,20?,21-/m0/s1. The maximum atomic E-state index is 11.5. The van der Waals surface area contributed by atoms with Crippen molar-refractivity contribution in [2.75, 3.05) is 0 Å². The van der Waals surface area contributed by atoms with Gasteiger partial charge >= 0.3 is 0 Å². The molecule has 0 saturated carbocycles. The molecule has 0 radical (unpaired) electrons. The molecule has 0 aromatic heterocycles. The molecule has 1 aromatic rings. The van der Waals surface area contributed by atoms with E-state index in [0.717, 1.165) is 36.8 Å². The highest BCUT2D eigenvalue weighted by Gasteiger charge is 2.69. The molecule has 1 aromatic carbocycles. The zero-order chi connectivity index (χ0) is 19.3. The fourth-order valence-electron chi connectivity index (χ4n) is 4.55. The average Bonchev–Trinajstić information content (AvgIpc) is 2.50. The van der Waals surface area contributed by atoms with E-state index in [9.17, 15) is 20.4 Å². The number of fused-ring (bicyclic) bond motifs is 3. The van der Waals surface area contributed by atoms with Crippen molar-refractivity contribution in [2.45, 2.75) is 82.7 Å². The molecular weight excluding hydrogens is 332 g/mol. The Hall–Kier alpha value is -1.56. The predicted octanol–water partition coefficient (Wildman–Crippen LogP) is 2.93. The summed E-state index contributed by atoms with van der Waals surface area (Å²) in [6, 6.07) is 3.45. The molecule has 1 aliphatic carbocycles. The molecule has 26 heavy (non-hydrogen) atoms. The first-order chi connectivity index (χ1) is 12.1. The van der Waals surface area contributed by atoms with Gasteiger partial charge in [-0.25, -0.2) is 0 Å². The molecule has 1 heterocycles. The monoisotopic (exact) mass is 362 g/mol. The summed E-state index contributed by atoms with van der Waals surface area (Å²) in [4.78, 5) is 0. The van der Waals surface area contributed by atoms with Gasteiger partial charge in [0.1, 0.15) is 17.1 Å². The summed E-state index contributed by atoms with van der Waals surface area (Å²) in [7, 11) is 0. The highest BCUT2D eigenvalue weighted by molar-refractivity contribution is 5.58. The lowest BCUT2D eigenvalue weighted by molar-refractivity contribution is -0.272. The van der Waals surface area contributed by atoms with Crippen LogP contribution in [0.5, 0.6) is 11.5 Å². The van der Waals surface area contributed by atoms with Gasteiger partial charge in [0.2, 0.25) is 0 Å². The molecular formula is C21H30O5. The van der Waals surface area contributed by atoms with Gasteiger partial charge < -0.3 is 25.2 Å². The van der Waals surface area contributed by atoms with Crippen LogP contribution in [0.25, 0.3) is 0 Å². The summed E-state index contributed by atoms with van der Waals surface area (Å²) in [5.74, 6) is 0.232. The second-order valence-corrected chi connectivity index (χ2v) is 8.30. The predicted molar refractivity (Wildman–Crippen MR) is 99.3 cm³/mol. The van der Waals surface area contributed by atoms with Crippen LogP contribution in [0.15, 0.2) is 23.8 Å². The summed E-state index contributed by atoms with van der Waals surface area (Å²) >= 11 is 0. The maximum Gasteiger partial charge on any atom is 0.166 e. The SMILES string of the molecule is CCCCCc1cc(O)c2c(c1)OC(C)(C)[C@@]1(O)C(O)CC(C)=CC21O. The Balaban J connectivity index is 2.17. The number of hydrogen-bond acceptors (Lipinski definition) is 5. The number of phenols is 1. The highest BCUT2D eigenvalue weighted by Crippen LogP contribution is 2.58. The molecule has 0 fully saturated rings. The van der Waals surface area contributed by atoms with Gasteiger partial charge in [0, 0.05) is 0 Å². The fraction of sp³-hybridized carbons (Fsp3) is 0.619. The maximum absolute atomic E-state index is 11.5. The number of aliphatic hydroxyl groups excluding tert-OH is 1. The van der Waals surface area contributed by atoms with Crippen LogP contribution in [-0.2, 0) is 12.0 Å². The van der Waals surface area contributed by atoms with Gasteiger partial charge in [0.05, 0.1) is 11.7 Å². The molecule has 144 valence electrons. The molecule has 0 spiro atoms. The van der Waals surface area contributed by atoms with Gasteiger partial charge in [-0.3, -0.25) is 0 Å². The molecule has 0 saturated heterocycles. The Morgan fingerprint density at radius 1 is 1.19 bits per heavy atom. The third-order valence-corrected chi connectivity index (χ3v) is 5.91. The van der Waals surface area contributed by atoms with E-state index in [-0.39, 0.29) is 17.7 Å². The normalized spacial score (nSPS) is 32.3. The lowest BCUT2D eigenvalue weighted by Gasteiger charge is -2.58. The van der Waals surface area contributed by atoms with Crippen molar-refractivity contribution in [1.29, 1.82) is 0 Å². The van der Waals surface area contributed by atoms with E-state index in [4.69, 9.17) is 4.74 Å². The number of rotatable bonds is 4. The number of ether oxygens (including phenoxy) is 1. The first-order valence-electron chi connectivity index (χ1n) is 9.43. The lowest BCUT2D eigenvalue weighted by atomic mass is 9.60. The van der Waals surface area contributed by atoms with E-state index in [2.05, 4.69) is 6.92 Å². The minimum Gasteiger partial charge on any atom is -0.507 e. The number of hydrogen-bond donors (Lipinski definition) is 4. The van der Waals surface area contributed by atoms with Crippen molar-refractivity contribution in [3.05, 3.63) is 34.9 Å². The van der Waals surface area contributed by atoms with Crippen molar-refractivity contribution in [3.63, 3.8) is 0 Å². The van der Waals surface area contributed by atoms with Crippen LogP contribution >= 0.6 is 0 Å². The second-order valence-electron chi connectivity index (χ2n) is 8.30. The molecule has 5 heteroatoms. The number of phenolic OH excluding ortho intramolecular Hbond substituents is 1. The molecule has 5 nitrogen and oxygen atoms in total. The van der Waals surface area contributed by atoms with E-state index in [0.29, 0.717) is 5.75 Å². The number of aliphatic hydroxyl groups is 3. The van der Waals surface area contributed by atoms with Gasteiger partial charge in [-0.2, -0.15) is 0 Å². The number of aromatic hydroxyl groups is 1. The van der Waals surface area contributed by atoms with Crippen molar-refractivity contribution >= 4 is 0 Å². The Labute approximate surface area is 154 Å². The highest BCUT2D eigenvalue weighted by atomic mass is 16.5. The summed E-state index contributed by atoms with van der Waals surface area (Å²) < 4.78 is 6.03. The third-order valence-electron chi connectivity index (χ3n) is 5.91. The van der Waals surface area contributed by atoms with Crippen molar-refractivity contribution < 1.29 is 25.2 Å². The van der Waals surface area contributed by atoms with Crippen LogP contribution < -0.4 is 4.74 Å². The lowest BCUT2D eigenvalue weighted by Crippen LogP contribution is -2.74. The zero-order valence-corrected chi connectivity index (χ0v) is 16.0. The van der Waals surface area contributed by atoms with E-state index in [1.54, 1.807) is 32.9 Å². The van der Waals surface area contributed by atoms with Crippen LogP contribution in [-0.4, -0.2) is 37.7 Å². The van der Waals surface area contributed by atoms with Gasteiger partial charge in [0.15, 0.2) is 11.2 Å². The molecule has 3 rings (SSSR count). The summed E-state index contributed by atoms with van der Waals surface area (Å²) in [5.41, 5.74) is -3.36. The van der Waals surface area contributed by atoms with Gasteiger partial charge in [-0.1, -0.05) is 25.3 Å². The quantitative estimate of drug-likeness (QED) is 0.488.